The number of nitrogens with one attached hydrogen (secondary N) is 2. The molecule has 6 rings (SSSR count). The van der Waals surface area contributed by atoms with E-state index in [4.69, 9.17) is 10.7 Å². The van der Waals surface area contributed by atoms with Crippen molar-refractivity contribution in [2.45, 2.75) is 13.3 Å². The van der Waals surface area contributed by atoms with Crippen molar-refractivity contribution in [3.8, 4) is 22.4 Å². The van der Waals surface area contributed by atoms with Gasteiger partial charge in [-0.2, -0.15) is 0 Å². The van der Waals surface area contributed by atoms with Crippen LogP contribution in [-0.4, -0.2) is 22.4 Å². The van der Waals surface area contributed by atoms with E-state index in [2.05, 4.69) is 59.7 Å². The monoisotopic (exact) mass is 502 g/mol. The second kappa shape index (κ2) is 9.56. The summed E-state index contributed by atoms with van der Waals surface area (Å²) < 4.78 is 0. The lowest BCUT2D eigenvalue weighted by molar-refractivity contribution is 0.0959. The predicted molar refractivity (Wildman–Crippen MR) is 154 cm³/mol. The Morgan fingerprint density at radius 2 is 1.73 bits per heavy atom. The Labute approximate surface area is 219 Å². The first-order valence-corrected chi connectivity index (χ1v) is 13.1. The topological polar surface area (TPSA) is 83.8 Å². The molecule has 3 heterocycles. The number of H-pyrrole nitrogens is 1. The third-order valence-electron chi connectivity index (χ3n) is 6.69. The van der Waals surface area contributed by atoms with Crippen molar-refractivity contribution in [2.24, 2.45) is 0 Å². The highest BCUT2D eigenvalue weighted by molar-refractivity contribution is 7.21. The van der Waals surface area contributed by atoms with Crippen molar-refractivity contribution in [2.75, 3.05) is 12.3 Å². The van der Waals surface area contributed by atoms with Gasteiger partial charge in [0.2, 0.25) is 0 Å². The maximum atomic E-state index is 13.3. The highest BCUT2D eigenvalue weighted by Crippen LogP contribution is 2.41. The van der Waals surface area contributed by atoms with Gasteiger partial charge in [0.25, 0.3) is 5.91 Å². The van der Waals surface area contributed by atoms with Gasteiger partial charge in [0.05, 0.1) is 11.4 Å². The van der Waals surface area contributed by atoms with Crippen molar-refractivity contribution in [3.63, 3.8) is 0 Å². The molecule has 0 saturated carbocycles. The molecule has 0 aliphatic carbocycles. The van der Waals surface area contributed by atoms with E-state index in [9.17, 15) is 4.79 Å². The molecule has 6 heteroatoms. The van der Waals surface area contributed by atoms with E-state index in [0.717, 1.165) is 44.5 Å². The van der Waals surface area contributed by atoms with Gasteiger partial charge in [-0.25, -0.2) is 4.98 Å². The summed E-state index contributed by atoms with van der Waals surface area (Å²) in [6.45, 7) is 2.58. The molecule has 0 bridgehead atoms. The zero-order chi connectivity index (χ0) is 25.4. The summed E-state index contributed by atoms with van der Waals surface area (Å²) in [6, 6.07) is 28.7. The summed E-state index contributed by atoms with van der Waals surface area (Å²) in [6.07, 6.45) is 2.74. The average molecular weight is 503 g/mol. The van der Waals surface area contributed by atoms with Gasteiger partial charge < -0.3 is 16.0 Å². The molecule has 1 amide bonds. The lowest BCUT2D eigenvalue weighted by Crippen LogP contribution is -2.25. The lowest BCUT2D eigenvalue weighted by atomic mass is 9.99. The molecule has 0 aliphatic heterocycles. The molecule has 6 aromatic rings. The van der Waals surface area contributed by atoms with Gasteiger partial charge in [-0.1, -0.05) is 78.4 Å². The minimum Gasteiger partial charge on any atom is -0.397 e. The van der Waals surface area contributed by atoms with Gasteiger partial charge in [-0.05, 0) is 42.2 Å². The van der Waals surface area contributed by atoms with E-state index in [1.54, 1.807) is 0 Å². The van der Waals surface area contributed by atoms with Crippen molar-refractivity contribution in [3.05, 3.63) is 107 Å². The van der Waals surface area contributed by atoms with Crippen LogP contribution in [0.5, 0.6) is 0 Å². The Morgan fingerprint density at radius 3 is 2.54 bits per heavy atom. The van der Waals surface area contributed by atoms with Gasteiger partial charge in [0.15, 0.2) is 0 Å². The summed E-state index contributed by atoms with van der Waals surface area (Å²) in [7, 11) is 0. The first kappa shape index (κ1) is 23.0. The highest BCUT2D eigenvalue weighted by atomic mass is 32.1. The number of benzene rings is 3. The maximum Gasteiger partial charge on any atom is 0.263 e. The Balaban J connectivity index is 1.35. The van der Waals surface area contributed by atoms with Gasteiger partial charge in [0.1, 0.15) is 9.71 Å². The Hall–Kier alpha value is -4.42. The number of pyridine rings is 1. The van der Waals surface area contributed by atoms with Crippen molar-refractivity contribution >= 4 is 44.1 Å². The van der Waals surface area contributed by atoms with E-state index in [1.165, 1.54) is 27.8 Å². The minimum absolute atomic E-state index is 0.170. The van der Waals surface area contributed by atoms with Crippen molar-refractivity contribution in [1.82, 2.24) is 15.3 Å². The zero-order valence-electron chi connectivity index (χ0n) is 20.4. The average Bonchev–Trinajstić information content (AvgIpc) is 3.50. The number of nitrogens with zero attached hydrogens (tertiary/aromatic N) is 1. The quantitative estimate of drug-likeness (QED) is 0.230. The first-order chi connectivity index (χ1) is 18.1. The smallest absolute Gasteiger partial charge is 0.263 e. The Kier molecular flexibility index (Phi) is 5.94. The van der Waals surface area contributed by atoms with Crippen LogP contribution < -0.4 is 11.1 Å². The van der Waals surface area contributed by atoms with Crippen LogP contribution in [0, 0.1) is 6.92 Å². The number of nitrogens with two attached hydrogens (primary N) is 1. The molecule has 0 radical (unpaired) electrons. The Morgan fingerprint density at radius 1 is 0.973 bits per heavy atom. The molecule has 0 saturated heterocycles. The minimum atomic E-state index is -0.170. The number of aromatic nitrogens is 2. The third kappa shape index (κ3) is 4.36. The second-order valence-corrected chi connectivity index (χ2v) is 10.2. The largest absolute Gasteiger partial charge is 0.397 e. The molecule has 5 nitrogen and oxygen atoms in total. The number of hydrogen-bond donors (Lipinski definition) is 3. The fourth-order valence-corrected chi connectivity index (χ4v) is 5.77. The standard InChI is InChI=1S/C31H26N4OS/c1-19-11-13-20(14-12-19)24-17-26(21-7-3-2-4-8-21)35-31-27(24)28(32)29(37-31)30(36)33-16-15-22-18-34-25-10-6-5-9-23(22)25/h2-14,17-18,34H,15-16,32H2,1H3,(H,33,36). The summed E-state index contributed by atoms with van der Waals surface area (Å²) in [5.74, 6) is -0.170. The molecule has 0 aliphatic rings. The molecule has 0 atom stereocenters. The Bertz CT molecular complexity index is 1730. The van der Waals surface area contributed by atoms with Gasteiger partial charge in [-0.15, -0.1) is 11.3 Å². The zero-order valence-corrected chi connectivity index (χ0v) is 21.2. The molecule has 3 aromatic heterocycles. The molecule has 3 aromatic carbocycles. The summed E-state index contributed by atoms with van der Waals surface area (Å²) in [4.78, 5) is 22.7. The fraction of sp³-hybridized carbons (Fsp3) is 0.0968. The summed E-state index contributed by atoms with van der Waals surface area (Å²) in [5, 5.41) is 5.07. The second-order valence-electron chi connectivity index (χ2n) is 9.18. The molecule has 4 N–H and O–H groups in total. The fourth-order valence-electron chi connectivity index (χ4n) is 4.74. The SMILES string of the molecule is Cc1ccc(-c2cc(-c3ccccc3)nc3sc(C(=O)NCCc4c[nH]c5ccccc45)c(N)c23)cc1. The highest BCUT2D eigenvalue weighted by Gasteiger charge is 2.21. The van der Waals surface area contributed by atoms with E-state index in [-0.39, 0.29) is 5.91 Å². The van der Waals surface area contributed by atoms with E-state index >= 15 is 0 Å². The van der Waals surface area contributed by atoms with Crippen molar-refractivity contribution in [1.29, 1.82) is 0 Å². The molecule has 182 valence electrons. The van der Waals surface area contributed by atoms with Crippen molar-refractivity contribution < 1.29 is 4.79 Å². The number of para-hydroxylation sites is 1. The number of thiophene rings is 1. The van der Waals surface area contributed by atoms with Crippen LogP contribution in [0.15, 0.2) is 91.1 Å². The van der Waals surface area contributed by atoms with Crippen LogP contribution >= 0.6 is 11.3 Å². The van der Waals surface area contributed by atoms with E-state index < -0.39 is 0 Å². The number of carbonyl (C=O) groups is 1. The van der Waals surface area contributed by atoms with E-state index in [1.807, 2.05) is 48.7 Å². The van der Waals surface area contributed by atoms with Crippen LogP contribution in [-0.2, 0) is 6.42 Å². The number of hydrogen-bond acceptors (Lipinski definition) is 4. The molecule has 0 spiro atoms. The molecular weight excluding hydrogens is 476 g/mol. The van der Waals surface area contributed by atoms with Gasteiger partial charge >= 0.3 is 0 Å². The van der Waals surface area contributed by atoms with Crippen LogP contribution in [0.3, 0.4) is 0 Å². The maximum absolute atomic E-state index is 13.3. The van der Waals surface area contributed by atoms with Gasteiger partial charge in [0, 0.05) is 34.6 Å². The number of aryl methyl sites for hydroxylation is 1. The number of aromatic amines is 1. The van der Waals surface area contributed by atoms with E-state index in [0.29, 0.717) is 17.1 Å². The molecular formula is C31H26N4OS. The number of nitrogen functional groups attached to an aromatic ring is 1. The summed E-state index contributed by atoms with van der Waals surface area (Å²) >= 11 is 1.35. The number of fused-ring (bicyclic) bond motifs is 2. The van der Waals surface area contributed by atoms with Crippen LogP contribution in [0.1, 0.15) is 20.8 Å². The number of rotatable bonds is 6. The van der Waals surface area contributed by atoms with Crippen LogP contribution in [0.2, 0.25) is 0 Å². The summed E-state index contributed by atoms with van der Waals surface area (Å²) in [5.41, 5.74) is 14.5. The van der Waals surface area contributed by atoms with Gasteiger partial charge in [-0.3, -0.25) is 4.79 Å². The molecule has 0 fully saturated rings. The number of carbonyl (C=O) groups excluding carboxylic acids is 1. The first-order valence-electron chi connectivity index (χ1n) is 12.3. The molecule has 0 unspecified atom stereocenters. The predicted octanol–water partition coefficient (Wildman–Crippen LogP) is 6.97. The van der Waals surface area contributed by atoms with Crippen LogP contribution in [0.4, 0.5) is 5.69 Å². The number of anilines is 1. The number of amides is 1. The third-order valence-corrected chi connectivity index (χ3v) is 7.79. The molecule has 37 heavy (non-hydrogen) atoms. The normalized spacial score (nSPS) is 11.3. The van der Waals surface area contributed by atoms with Crippen LogP contribution in [0.25, 0.3) is 43.5 Å². The lowest BCUT2D eigenvalue weighted by Gasteiger charge is -2.09.